The molecule has 0 saturated carbocycles. The van der Waals surface area contributed by atoms with Crippen molar-refractivity contribution in [2.45, 2.75) is 160 Å². The first kappa shape index (κ1) is 74.4. The highest BCUT2D eigenvalue weighted by atomic mass is 32.1. The van der Waals surface area contributed by atoms with Crippen LogP contribution in [-0.2, 0) is 0 Å². The first-order chi connectivity index (χ1) is 38.3. The van der Waals surface area contributed by atoms with Crippen molar-refractivity contribution in [2.24, 2.45) is 0 Å². The summed E-state index contributed by atoms with van der Waals surface area (Å²) in [6.07, 6.45) is 22.3. The molecule has 442 valence electrons. The van der Waals surface area contributed by atoms with Gasteiger partial charge in [-0.15, -0.1) is 22.7 Å². The number of thiophene rings is 2. The Morgan fingerprint density at radius 3 is 0.829 bits per heavy atom. The van der Waals surface area contributed by atoms with Gasteiger partial charge in [-0.25, -0.2) is 0 Å². The quantitative estimate of drug-likeness (QED) is 0.139. The molecule has 0 radical (unpaired) electrons. The first-order valence-corrected chi connectivity index (χ1v) is 29.0. The predicted octanol–water partition coefficient (Wildman–Crippen LogP) is 20.8. The van der Waals surface area contributed by atoms with Gasteiger partial charge >= 0.3 is 0 Å². The van der Waals surface area contributed by atoms with Gasteiger partial charge in [0.1, 0.15) is 11.5 Å². The molecule has 0 atom stereocenters. The normalized spacial score (nSPS) is 9.24. The molecule has 0 aliphatic rings. The Kier molecular flexibility index (Phi) is 38.4. The number of aryl methyl sites for hydroxylation is 22. The van der Waals surface area contributed by atoms with Crippen LogP contribution in [0, 0.1) is 152 Å². The summed E-state index contributed by atoms with van der Waals surface area (Å²) in [6, 6.07) is 24.3. The zero-order valence-corrected chi connectivity index (χ0v) is 54.6. The van der Waals surface area contributed by atoms with Crippen LogP contribution in [0.25, 0.3) is 0 Å². The van der Waals surface area contributed by atoms with Crippen LogP contribution in [0.5, 0.6) is 0 Å². The molecular formula is C71H99N7O2S2. The smallest absolute Gasteiger partial charge is 0.103 e. The summed E-state index contributed by atoms with van der Waals surface area (Å²) in [4.78, 5) is 28.0. The Morgan fingerprint density at radius 2 is 0.707 bits per heavy atom. The van der Waals surface area contributed by atoms with E-state index in [0.717, 1.165) is 22.9 Å². The molecular weight excluding hydrogens is 1050 g/mol. The molecule has 0 unspecified atom stereocenters. The maximum atomic E-state index is 4.96. The number of nitrogens with zero attached hydrogens (tertiary/aromatic N) is 4. The van der Waals surface area contributed by atoms with Crippen molar-refractivity contribution in [3.8, 4) is 0 Å². The van der Waals surface area contributed by atoms with Crippen LogP contribution in [-0.4, -0.2) is 34.9 Å². The van der Waals surface area contributed by atoms with E-state index in [1.807, 2.05) is 140 Å². The molecule has 0 aliphatic heterocycles. The second-order valence-electron chi connectivity index (χ2n) is 19.8. The molecule has 0 spiro atoms. The van der Waals surface area contributed by atoms with E-state index < -0.39 is 0 Å². The topological polar surface area (TPSA) is 125 Å². The second kappa shape index (κ2) is 42.3. The fourth-order valence-electron chi connectivity index (χ4n) is 5.59. The van der Waals surface area contributed by atoms with Crippen LogP contribution >= 0.6 is 22.7 Å². The molecule has 11 rings (SSSR count). The molecule has 0 amide bonds. The molecule has 11 heteroatoms. The van der Waals surface area contributed by atoms with Crippen LogP contribution < -0.4 is 0 Å². The van der Waals surface area contributed by atoms with Gasteiger partial charge in [0.15, 0.2) is 0 Å². The number of aromatic amines is 3. The third-order valence-electron chi connectivity index (χ3n) is 13.3. The van der Waals surface area contributed by atoms with Crippen LogP contribution in [0.1, 0.15) is 129 Å². The molecule has 0 bridgehead atoms. The highest BCUT2D eigenvalue weighted by molar-refractivity contribution is 7.10. The van der Waals surface area contributed by atoms with Crippen molar-refractivity contribution < 1.29 is 8.83 Å². The zero-order valence-electron chi connectivity index (χ0n) is 52.9. The molecule has 0 aromatic carbocycles. The standard InChI is InChI=1S/4C7H9N.3C6H9N.2C6H8O.2C6H8S.CH4/c2*1-6-3-4-8-5-7(6)2;2*1-6-4-3-5-8-7(6)2;1-5-3-7-4-6(5)2;6*1-5-3-4-7-6(5)2;/h4*3-5H,1-2H3;3*3-4,7H,1-2H3;4*3-4H,1-2H3;1H4. The average molecular weight is 1150 g/mol. The Balaban J connectivity index is 0.000000879. The zero-order chi connectivity index (χ0) is 60.9. The van der Waals surface area contributed by atoms with E-state index in [0.29, 0.717) is 0 Å². The number of aromatic nitrogens is 7. The van der Waals surface area contributed by atoms with Crippen LogP contribution in [0.4, 0.5) is 0 Å². The van der Waals surface area contributed by atoms with E-state index in [1.165, 1.54) is 99.0 Å². The number of hydrogen-bond acceptors (Lipinski definition) is 8. The Labute approximate surface area is 503 Å². The van der Waals surface area contributed by atoms with Gasteiger partial charge in [-0.05, 0) is 302 Å². The van der Waals surface area contributed by atoms with Gasteiger partial charge in [-0.3, -0.25) is 19.9 Å². The third kappa shape index (κ3) is 32.6. The monoisotopic (exact) mass is 1150 g/mol. The van der Waals surface area contributed by atoms with Gasteiger partial charge in [0.2, 0.25) is 0 Å². The number of furan rings is 2. The van der Waals surface area contributed by atoms with Crippen molar-refractivity contribution in [1.82, 2.24) is 34.9 Å². The van der Waals surface area contributed by atoms with E-state index in [1.54, 1.807) is 35.2 Å². The maximum absolute atomic E-state index is 4.96. The number of pyridine rings is 4. The first-order valence-electron chi connectivity index (χ1n) is 27.2. The molecule has 0 fully saturated rings. The van der Waals surface area contributed by atoms with E-state index in [2.05, 4.69) is 193 Å². The summed E-state index contributed by atoms with van der Waals surface area (Å²) in [5.74, 6) is 2.03. The Bertz CT molecular complexity index is 2590. The lowest BCUT2D eigenvalue weighted by Crippen LogP contribution is -1.81. The van der Waals surface area contributed by atoms with Crippen molar-refractivity contribution in [1.29, 1.82) is 0 Å². The lowest BCUT2D eigenvalue weighted by Gasteiger charge is -1.92. The Hall–Kier alpha value is -7.60. The highest BCUT2D eigenvalue weighted by Gasteiger charge is 1.93. The second-order valence-corrected chi connectivity index (χ2v) is 22.0. The summed E-state index contributed by atoms with van der Waals surface area (Å²) >= 11 is 3.61. The van der Waals surface area contributed by atoms with Crippen LogP contribution in [0.2, 0.25) is 0 Å². The van der Waals surface area contributed by atoms with Gasteiger partial charge in [-0.1, -0.05) is 19.6 Å². The molecule has 0 aliphatic carbocycles. The van der Waals surface area contributed by atoms with Gasteiger partial charge in [-0.2, -0.15) is 0 Å². The molecule has 0 saturated heterocycles. The Morgan fingerprint density at radius 1 is 0.341 bits per heavy atom. The summed E-state index contributed by atoms with van der Waals surface area (Å²) in [5.41, 5.74) is 23.0. The molecule has 11 aromatic rings. The largest absolute Gasteiger partial charge is 0.469 e. The van der Waals surface area contributed by atoms with E-state index >= 15 is 0 Å². The molecule has 3 N–H and O–H groups in total. The molecule has 9 nitrogen and oxygen atoms in total. The summed E-state index contributed by atoms with van der Waals surface area (Å²) in [7, 11) is 0. The van der Waals surface area contributed by atoms with Crippen LogP contribution in [0.15, 0.2) is 167 Å². The van der Waals surface area contributed by atoms with E-state index in [9.17, 15) is 0 Å². The SMILES string of the molecule is C.Cc1c[nH]cc1C.Cc1cc[nH]c1C.Cc1cc[nH]c1C.Cc1cccnc1C.Cc1cccnc1C.Cc1ccncc1C.Cc1ccncc1C.Cc1ccoc1C.Cc1ccoc1C.Cc1ccsc1C.Cc1ccsc1C. The third-order valence-corrected chi connectivity index (χ3v) is 15.2. The summed E-state index contributed by atoms with van der Waals surface area (Å²) in [6.45, 7) is 45.4. The minimum absolute atomic E-state index is 0. The van der Waals surface area contributed by atoms with Gasteiger partial charge < -0.3 is 23.8 Å². The number of H-pyrrole nitrogens is 3. The van der Waals surface area contributed by atoms with Crippen molar-refractivity contribution in [3.63, 3.8) is 0 Å². The number of rotatable bonds is 0. The summed E-state index contributed by atoms with van der Waals surface area (Å²) in [5, 5.41) is 4.23. The van der Waals surface area contributed by atoms with Crippen molar-refractivity contribution in [3.05, 3.63) is 280 Å². The summed E-state index contributed by atoms with van der Waals surface area (Å²) < 4.78 is 9.93. The van der Waals surface area contributed by atoms with Gasteiger partial charge in [0.25, 0.3) is 0 Å². The molecule has 11 aromatic heterocycles. The van der Waals surface area contributed by atoms with E-state index in [-0.39, 0.29) is 7.43 Å². The maximum Gasteiger partial charge on any atom is 0.103 e. The fraction of sp³-hybridized carbons (Fsp3) is 0.324. The average Bonchev–Trinajstić information content (AvgIpc) is 4.37. The number of nitrogens with one attached hydrogen (secondary N) is 3. The molecule has 82 heavy (non-hydrogen) atoms. The van der Waals surface area contributed by atoms with E-state index in [4.69, 9.17) is 8.83 Å². The minimum atomic E-state index is 0. The highest BCUT2D eigenvalue weighted by Crippen LogP contribution is 2.13. The predicted molar refractivity (Wildman–Crippen MR) is 356 cm³/mol. The van der Waals surface area contributed by atoms with Crippen molar-refractivity contribution >= 4 is 22.7 Å². The minimum Gasteiger partial charge on any atom is -0.469 e. The lowest BCUT2D eigenvalue weighted by molar-refractivity contribution is 0.531. The van der Waals surface area contributed by atoms with Gasteiger partial charge in [0.05, 0.1) is 12.5 Å². The fourth-order valence-corrected chi connectivity index (χ4v) is 7.05. The lowest BCUT2D eigenvalue weighted by atomic mass is 10.2. The molecule has 11 heterocycles. The van der Waals surface area contributed by atoms with Gasteiger partial charge in [0, 0.05) is 94.5 Å². The number of hydrogen-bond donors (Lipinski definition) is 3. The van der Waals surface area contributed by atoms with Crippen molar-refractivity contribution in [2.75, 3.05) is 0 Å². The van der Waals surface area contributed by atoms with Crippen LogP contribution in [0.3, 0.4) is 0 Å².